The van der Waals surface area contributed by atoms with Crippen molar-refractivity contribution in [1.29, 1.82) is 0 Å². The number of carboxylic acid groups (broad SMARTS) is 1. The van der Waals surface area contributed by atoms with Gasteiger partial charge in [0.25, 0.3) is 5.91 Å². The molecule has 1 aliphatic rings. The van der Waals surface area contributed by atoms with E-state index in [-0.39, 0.29) is 18.5 Å². The zero-order valence-corrected chi connectivity index (χ0v) is 14.8. The third-order valence-electron chi connectivity index (χ3n) is 4.02. The van der Waals surface area contributed by atoms with Gasteiger partial charge in [-0.2, -0.15) is 5.10 Å². The summed E-state index contributed by atoms with van der Waals surface area (Å²) in [6, 6.07) is 9.43. The van der Waals surface area contributed by atoms with E-state index in [1.165, 1.54) is 0 Å². The predicted octanol–water partition coefficient (Wildman–Crippen LogP) is 2.96. The summed E-state index contributed by atoms with van der Waals surface area (Å²) in [5.41, 5.74) is 1.18. The highest BCUT2D eigenvalue weighted by molar-refractivity contribution is 9.10. The molecule has 7 heteroatoms. The van der Waals surface area contributed by atoms with E-state index in [2.05, 4.69) is 21.0 Å². The number of hydrogen-bond acceptors (Lipinski definition) is 3. The molecule has 0 aliphatic heterocycles. The summed E-state index contributed by atoms with van der Waals surface area (Å²) in [4.78, 5) is 25.5. The van der Waals surface area contributed by atoms with Crippen molar-refractivity contribution in [3.05, 3.63) is 46.7 Å². The van der Waals surface area contributed by atoms with Crippen LogP contribution in [-0.4, -0.2) is 44.3 Å². The van der Waals surface area contributed by atoms with Crippen LogP contribution < -0.4 is 0 Å². The summed E-state index contributed by atoms with van der Waals surface area (Å²) in [5.74, 6) is -1.70. The van der Waals surface area contributed by atoms with Crippen molar-refractivity contribution >= 4 is 27.8 Å². The highest BCUT2D eigenvalue weighted by atomic mass is 79.9. The quantitative estimate of drug-likeness (QED) is 0.820. The minimum Gasteiger partial charge on any atom is -0.481 e. The van der Waals surface area contributed by atoms with Crippen molar-refractivity contribution in [3.63, 3.8) is 0 Å². The maximum Gasteiger partial charge on any atom is 0.308 e. The van der Waals surface area contributed by atoms with E-state index in [4.69, 9.17) is 5.11 Å². The lowest BCUT2D eigenvalue weighted by molar-refractivity contribution is -0.141. The molecule has 1 amide bonds. The maximum absolute atomic E-state index is 12.7. The molecule has 3 rings (SSSR count). The molecule has 1 aromatic heterocycles. The van der Waals surface area contributed by atoms with E-state index in [1.54, 1.807) is 28.8 Å². The first-order chi connectivity index (χ1) is 11.5. The van der Waals surface area contributed by atoms with Crippen LogP contribution in [-0.2, 0) is 4.79 Å². The minimum absolute atomic E-state index is 0.135. The van der Waals surface area contributed by atoms with Crippen LogP contribution in [0, 0.1) is 5.92 Å². The molecular formula is C17H18BrN3O3. The molecule has 0 radical (unpaired) electrons. The second-order valence-corrected chi connectivity index (χ2v) is 6.97. The van der Waals surface area contributed by atoms with E-state index in [9.17, 15) is 9.59 Å². The van der Waals surface area contributed by atoms with Crippen LogP contribution in [0.25, 0.3) is 5.69 Å². The van der Waals surface area contributed by atoms with Crippen LogP contribution in [0.4, 0.5) is 0 Å². The third-order valence-corrected chi connectivity index (χ3v) is 4.51. The molecule has 1 atom stereocenters. The number of aliphatic carboxylic acids is 1. The van der Waals surface area contributed by atoms with E-state index in [0.717, 1.165) is 23.0 Å². The number of amides is 1. The Labute approximate surface area is 148 Å². The highest BCUT2D eigenvalue weighted by Gasteiger charge is 2.35. The summed E-state index contributed by atoms with van der Waals surface area (Å²) in [6.07, 6.45) is 3.58. The number of benzene rings is 1. The summed E-state index contributed by atoms with van der Waals surface area (Å²) in [7, 11) is 0. The van der Waals surface area contributed by atoms with Crippen molar-refractivity contribution in [2.45, 2.75) is 25.8 Å². The zero-order chi connectivity index (χ0) is 17.3. The highest BCUT2D eigenvalue weighted by Crippen LogP contribution is 2.29. The number of nitrogens with zero attached hydrogens (tertiary/aromatic N) is 3. The number of aromatic nitrogens is 2. The first kappa shape index (κ1) is 16.7. The predicted molar refractivity (Wildman–Crippen MR) is 92.1 cm³/mol. The van der Waals surface area contributed by atoms with Gasteiger partial charge in [-0.15, -0.1) is 0 Å². The molecule has 1 N–H and O–H groups in total. The van der Waals surface area contributed by atoms with Crippen LogP contribution in [0.15, 0.2) is 41.0 Å². The maximum atomic E-state index is 12.7. The van der Waals surface area contributed by atoms with Crippen molar-refractivity contribution in [3.8, 4) is 5.69 Å². The molecule has 1 fully saturated rings. The fourth-order valence-electron chi connectivity index (χ4n) is 2.50. The van der Waals surface area contributed by atoms with Gasteiger partial charge in [0.2, 0.25) is 0 Å². The monoisotopic (exact) mass is 391 g/mol. The van der Waals surface area contributed by atoms with Crippen molar-refractivity contribution in [1.82, 2.24) is 14.7 Å². The zero-order valence-electron chi connectivity index (χ0n) is 13.2. The van der Waals surface area contributed by atoms with E-state index >= 15 is 0 Å². The van der Waals surface area contributed by atoms with Gasteiger partial charge < -0.3 is 10.0 Å². The number of carbonyl (C=O) groups is 2. The average Bonchev–Trinajstić information content (AvgIpc) is 3.27. The van der Waals surface area contributed by atoms with Gasteiger partial charge in [-0.3, -0.25) is 9.59 Å². The number of carbonyl (C=O) groups excluding carboxylic acids is 1. The second-order valence-electron chi connectivity index (χ2n) is 6.05. The van der Waals surface area contributed by atoms with Crippen LogP contribution in [0.2, 0.25) is 0 Å². The Kier molecular flexibility index (Phi) is 4.71. The van der Waals surface area contributed by atoms with Gasteiger partial charge in [-0.05, 0) is 37.1 Å². The minimum atomic E-state index is -0.895. The summed E-state index contributed by atoms with van der Waals surface area (Å²) in [5, 5.41) is 13.5. The van der Waals surface area contributed by atoms with E-state index in [1.807, 2.05) is 24.3 Å². The van der Waals surface area contributed by atoms with Gasteiger partial charge >= 0.3 is 5.97 Å². The molecule has 1 heterocycles. The van der Waals surface area contributed by atoms with E-state index in [0.29, 0.717) is 5.69 Å². The van der Waals surface area contributed by atoms with Crippen molar-refractivity contribution < 1.29 is 14.7 Å². The fourth-order valence-corrected chi connectivity index (χ4v) is 2.89. The second kappa shape index (κ2) is 6.76. The topological polar surface area (TPSA) is 75.4 Å². The standard InChI is InChI=1S/C17H18BrN3O3/c1-11(17(23)24)10-20(13-5-6-13)16(22)15-7-8-21(19-15)14-4-2-3-12(18)9-14/h2-4,7-9,11,13H,5-6,10H2,1H3,(H,23,24). The lowest BCUT2D eigenvalue weighted by Crippen LogP contribution is -2.38. The number of hydrogen-bond donors (Lipinski definition) is 1. The summed E-state index contributed by atoms with van der Waals surface area (Å²) in [6.45, 7) is 1.83. The first-order valence-electron chi connectivity index (χ1n) is 7.81. The Morgan fingerprint density at radius 2 is 2.17 bits per heavy atom. The number of rotatable bonds is 6. The first-order valence-corrected chi connectivity index (χ1v) is 8.60. The average molecular weight is 392 g/mol. The smallest absolute Gasteiger partial charge is 0.308 e. The van der Waals surface area contributed by atoms with Crippen LogP contribution in [0.3, 0.4) is 0 Å². The molecule has 0 spiro atoms. The Morgan fingerprint density at radius 3 is 2.79 bits per heavy atom. The molecular weight excluding hydrogens is 374 g/mol. The lowest BCUT2D eigenvalue weighted by atomic mass is 10.1. The van der Waals surface area contributed by atoms with E-state index < -0.39 is 11.9 Å². The Balaban J connectivity index is 1.80. The summed E-state index contributed by atoms with van der Waals surface area (Å²) < 4.78 is 2.57. The van der Waals surface area contributed by atoms with Gasteiger partial charge in [0.05, 0.1) is 11.6 Å². The molecule has 2 aromatic rings. The molecule has 1 saturated carbocycles. The number of halogens is 1. The van der Waals surface area contributed by atoms with Crippen molar-refractivity contribution in [2.75, 3.05) is 6.54 Å². The molecule has 24 heavy (non-hydrogen) atoms. The van der Waals surface area contributed by atoms with Crippen LogP contribution >= 0.6 is 15.9 Å². The molecule has 0 bridgehead atoms. The summed E-state index contributed by atoms with van der Waals surface area (Å²) >= 11 is 3.41. The van der Waals surface area contributed by atoms with Gasteiger partial charge in [0.1, 0.15) is 0 Å². The molecule has 6 nitrogen and oxygen atoms in total. The van der Waals surface area contributed by atoms with Crippen LogP contribution in [0.1, 0.15) is 30.3 Å². The Morgan fingerprint density at radius 1 is 1.42 bits per heavy atom. The van der Waals surface area contributed by atoms with Gasteiger partial charge in [0.15, 0.2) is 5.69 Å². The SMILES string of the molecule is CC(CN(C(=O)c1ccn(-c2cccc(Br)c2)n1)C1CC1)C(=O)O. The number of carboxylic acids is 1. The van der Waals surface area contributed by atoms with Crippen LogP contribution in [0.5, 0.6) is 0 Å². The lowest BCUT2D eigenvalue weighted by Gasteiger charge is -2.23. The largest absolute Gasteiger partial charge is 0.481 e. The molecule has 1 unspecified atom stereocenters. The fraction of sp³-hybridized carbons (Fsp3) is 0.353. The molecule has 126 valence electrons. The molecule has 0 saturated heterocycles. The molecule has 1 aliphatic carbocycles. The Bertz CT molecular complexity index is 770. The van der Waals surface area contributed by atoms with Gasteiger partial charge in [0, 0.05) is 23.3 Å². The van der Waals surface area contributed by atoms with Crippen molar-refractivity contribution in [2.24, 2.45) is 5.92 Å². The normalized spacial score (nSPS) is 15.1. The molecule has 1 aromatic carbocycles. The third kappa shape index (κ3) is 3.67. The Hall–Kier alpha value is -2.15. The van der Waals surface area contributed by atoms with Gasteiger partial charge in [-0.1, -0.05) is 28.9 Å². The van der Waals surface area contributed by atoms with Gasteiger partial charge in [-0.25, -0.2) is 4.68 Å².